The normalized spacial score (nSPS) is 11.8. The van der Waals surface area contributed by atoms with Gasteiger partial charge in [-0.25, -0.2) is 4.79 Å². The minimum atomic E-state index is -3.69. The van der Waals surface area contributed by atoms with Gasteiger partial charge < -0.3 is 20.1 Å². The standard InChI is InChI=1S/C18H34N2O8S/c1-14(2)16(22)26-10-11-27-17(23)20-9-7-18(4,5)13-28-29(24,25)12-6-8-19-15(3)21/h14H,6-13H2,1-5H3,(H,19,21)(H,20,23). The average molecular weight is 439 g/mol. The highest BCUT2D eigenvalue weighted by Crippen LogP contribution is 2.21. The number of hydrogen-bond acceptors (Lipinski definition) is 8. The fraction of sp³-hybridized carbons (Fsp3) is 0.833. The van der Waals surface area contributed by atoms with Crippen molar-refractivity contribution in [3.8, 4) is 0 Å². The summed E-state index contributed by atoms with van der Waals surface area (Å²) in [5, 5.41) is 5.07. The number of esters is 1. The van der Waals surface area contributed by atoms with Gasteiger partial charge in [-0.2, -0.15) is 8.42 Å². The minimum Gasteiger partial charge on any atom is -0.462 e. The summed E-state index contributed by atoms with van der Waals surface area (Å²) in [6.07, 6.45) is 0.0848. The summed E-state index contributed by atoms with van der Waals surface area (Å²) in [6.45, 7) is 8.86. The monoisotopic (exact) mass is 438 g/mol. The van der Waals surface area contributed by atoms with E-state index >= 15 is 0 Å². The molecule has 0 rings (SSSR count). The number of nitrogens with one attached hydrogen (secondary N) is 2. The van der Waals surface area contributed by atoms with Gasteiger partial charge in [0.05, 0.1) is 18.3 Å². The molecule has 2 N–H and O–H groups in total. The van der Waals surface area contributed by atoms with Gasteiger partial charge in [0.2, 0.25) is 5.91 Å². The summed E-state index contributed by atoms with van der Waals surface area (Å²) in [6, 6.07) is 0. The van der Waals surface area contributed by atoms with Crippen LogP contribution in [0, 0.1) is 11.3 Å². The third kappa shape index (κ3) is 15.7. The van der Waals surface area contributed by atoms with E-state index < -0.39 is 21.6 Å². The first-order valence-electron chi connectivity index (χ1n) is 9.53. The molecule has 170 valence electrons. The number of carbonyl (C=O) groups excluding carboxylic acids is 3. The minimum absolute atomic E-state index is 0.0104. The van der Waals surface area contributed by atoms with E-state index in [1.54, 1.807) is 13.8 Å². The molecular formula is C18H34N2O8S. The number of alkyl carbamates (subject to hydrolysis) is 1. The quantitative estimate of drug-likeness (QED) is 0.234. The van der Waals surface area contributed by atoms with E-state index in [1.165, 1.54) is 6.92 Å². The van der Waals surface area contributed by atoms with E-state index in [1.807, 2.05) is 13.8 Å². The van der Waals surface area contributed by atoms with Crippen molar-refractivity contribution in [3.63, 3.8) is 0 Å². The van der Waals surface area contributed by atoms with Crippen LogP contribution in [0.1, 0.15) is 47.5 Å². The molecule has 0 radical (unpaired) electrons. The first-order valence-corrected chi connectivity index (χ1v) is 11.1. The van der Waals surface area contributed by atoms with Crippen LogP contribution in [-0.4, -0.2) is 65.1 Å². The highest BCUT2D eigenvalue weighted by Gasteiger charge is 2.22. The Bertz CT molecular complexity index is 632. The lowest BCUT2D eigenvalue weighted by Gasteiger charge is -2.24. The van der Waals surface area contributed by atoms with Gasteiger partial charge in [0.15, 0.2) is 0 Å². The largest absolute Gasteiger partial charge is 0.462 e. The smallest absolute Gasteiger partial charge is 0.407 e. The van der Waals surface area contributed by atoms with Gasteiger partial charge >= 0.3 is 12.1 Å². The molecule has 0 fully saturated rings. The van der Waals surface area contributed by atoms with E-state index in [9.17, 15) is 22.8 Å². The maximum Gasteiger partial charge on any atom is 0.407 e. The summed E-state index contributed by atoms with van der Waals surface area (Å²) in [5.41, 5.74) is -0.495. The van der Waals surface area contributed by atoms with Crippen LogP contribution in [0.4, 0.5) is 4.79 Å². The SMILES string of the molecule is CC(=O)NCCCS(=O)(=O)OCC(C)(C)CCNC(=O)OCCOC(=O)C(C)C. The summed E-state index contributed by atoms with van der Waals surface area (Å²) in [7, 11) is -3.69. The summed E-state index contributed by atoms with van der Waals surface area (Å²) >= 11 is 0. The zero-order valence-electron chi connectivity index (χ0n) is 17.9. The van der Waals surface area contributed by atoms with Crippen molar-refractivity contribution in [3.05, 3.63) is 0 Å². The predicted octanol–water partition coefficient (Wildman–Crippen LogP) is 1.20. The molecule has 11 heteroatoms. The van der Waals surface area contributed by atoms with Crippen LogP contribution in [0.3, 0.4) is 0 Å². The van der Waals surface area contributed by atoms with Crippen molar-refractivity contribution in [1.29, 1.82) is 0 Å². The van der Waals surface area contributed by atoms with Gasteiger partial charge in [0.1, 0.15) is 13.2 Å². The molecule has 0 saturated heterocycles. The fourth-order valence-electron chi connectivity index (χ4n) is 1.89. The molecule has 0 aromatic carbocycles. The van der Waals surface area contributed by atoms with Crippen LogP contribution >= 0.6 is 0 Å². The van der Waals surface area contributed by atoms with Gasteiger partial charge in [-0.15, -0.1) is 0 Å². The second-order valence-corrected chi connectivity index (χ2v) is 9.42. The Morgan fingerprint density at radius 2 is 1.62 bits per heavy atom. The van der Waals surface area contributed by atoms with Gasteiger partial charge in [-0.1, -0.05) is 27.7 Å². The molecule has 0 atom stereocenters. The van der Waals surface area contributed by atoms with Gasteiger partial charge in [0.25, 0.3) is 10.1 Å². The number of hydrogen-bond donors (Lipinski definition) is 2. The van der Waals surface area contributed by atoms with Crippen molar-refractivity contribution in [1.82, 2.24) is 10.6 Å². The lowest BCUT2D eigenvalue weighted by molar-refractivity contribution is -0.148. The third-order valence-corrected chi connectivity index (χ3v) is 4.94. The molecule has 0 aliphatic rings. The molecule has 0 bridgehead atoms. The van der Waals surface area contributed by atoms with Crippen LogP contribution in [0.2, 0.25) is 0 Å². The summed E-state index contributed by atoms with van der Waals surface area (Å²) < 4.78 is 38.6. The molecule has 0 aliphatic carbocycles. The molecule has 0 heterocycles. The van der Waals surface area contributed by atoms with Crippen molar-refractivity contribution in [2.75, 3.05) is 38.7 Å². The zero-order valence-corrected chi connectivity index (χ0v) is 18.7. The Morgan fingerprint density at radius 3 is 2.21 bits per heavy atom. The Kier molecular flexibility index (Phi) is 12.5. The van der Waals surface area contributed by atoms with Crippen LogP contribution in [0.5, 0.6) is 0 Å². The van der Waals surface area contributed by atoms with Crippen molar-refractivity contribution < 1.29 is 36.5 Å². The van der Waals surface area contributed by atoms with Crippen LogP contribution in [0.15, 0.2) is 0 Å². The molecular weight excluding hydrogens is 404 g/mol. The molecule has 10 nitrogen and oxygen atoms in total. The molecule has 0 spiro atoms. The molecule has 2 amide bonds. The second-order valence-electron chi connectivity index (χ2n) is 7.66. The average Bonchev–Trinajstić information content (AvgIpc) is 2.60. The molecule has 29 heavy (non-hydrogen) atoms. The Hall–Kier alpha value is -1.88. The number of rotatable bonds is 14. The molecule has 0 unspecified atom stereocenters. The van der Waals surface area contributed by atoms with Gasteiger partial charge in [-0.3, -0.25) is 13.8 Å². The predicted molar refractivity (Wildman–Crippen MR) is 107 cm³/mol. The van der Waals surface area contributed by atoms with Crippen molar-refractivity contribution >= 4 is 28.1 Å². The van der Waals surface area contributed by atoms with Gasteiger partial charge in [0, 0.05) is 20.0 Å². The number of carbonyl (C=O) groups is 3. The topological polar surface area (TPSA) is 137 Å². The molecule has 0 aliphatic heterocycles. The van der Waals surface area contributed by atoms with E-state index in [2.05, 4.69) is 10.6 Å². The third-order valence-electron chi connectivity index (χ3n) is 3.68. The highest BCUT2D eigenvalue weighted by atomic mass is 32.2. The van der Waals surface area contributed by atoms with Crippen molar-refractivity contribution in [2.45, 2.75) is 47.5 Å². The molecule has 0 saturated carbocycles. The van der Waals surface area contributed by atoms with Crippen LogP contribution in [-0.2, 0) is 33.4 Å². The van der Waals surface area contributed by atoms with E-state index in [4.69, 9.17) is 13.7 Å². The lowest BCUT2D eigenvalue weighted by atomic mass is 9.91. The second kappa shape index (κ2) is 13.4. The van der Waals surface area contributed by atoms with Crippen LogP contribution in [0.25, 0.3) is 0 Å². The number of amides is 2. The summed E-state index contributed by atoms with van der Waals surface area (Å²) in [4.78, 5) is 33.6. The van der Waals surface area contributed by atoms with Gasteiger partial charge in [-0.05, 0) is 18.3 Å². The molecule has 0 aromatic rings. The maximum atomic E-state index is 11.9. The Labute approximate surface area is 173 Å². The van der Waals surface area contributed by atoms with Crippen molar-refractivity contribution in [2.24, 2.45) is 11.3 Å². The first kappa shape index (κ1) is 27.1. The lowest BCUT2D eigenvalue weighted by Crippen LogP contribution is -2.32. The molecule has 0 aromatic heterocycles. The number of ether oxygens (including phenoxy) is 2. The zero-order chi connectivity index (χ0) is 22.5. The Morgan fingerprint density at radius 1 is 1.00 bits per heavy atom. The maximum absolute atomic E-state index is 11.9. The fourth-order valence-corrected chi connectivity index (χ4v) is 3.01. The Balaban J connectivity index is 4.00. The van der Waals surface area contributed by atoms with E-state index in [0.29, 0.717) is 6.42 Å². The van der Waals surface area contributed by atoms with E-state index in [-0.39, 0.29) is 62.9 Å². The van der Waals surface area contributed by atoms with Crippen LogP contribution < -0.4 is 10.6 Å². The highest BCUT2D eigenvalue weighted by molar-refractivity contribution is 7.86. The first-order chi connectivity index (χ1) is 13.3. The van der Waals surface area contributed by atoms with E-state index in [0.717, 1.165) is 0 Å². The summed E-state index contributed by atoms with van der Waals surface area (Å²) in [5.74, 6) is -1.00.